The van der Waals surface area contributed by atoms with Gasteiger partial charge in [-0.1, -0.05) is 0 Å². The normalized spacial score (nSPS) is 21.3. The van der Waals surface area contributed by atoms with Gasteiger partial charge in [-0.3, -0.25) is 0 Å². The highest BCUT2D eigenvalue weighted by atomic mass is 16.5. The van der Waals surface area contributed by atoms with Gasteiger partial charge in [0.25, 0.3) is 0 Å². The number of hydrogen-bond donors (Lipinski definition) is 2. The van der Waals surface area contributed by atoms with E-state index in [4.69, 9.17) is 9.47 Å². The van der Waals surface area contributed by atoms with E-state index in [1.165, 1.54) is 0 Å². The fourth-order valence-corrected chi connectivity index (χ4v) is 1.71. The van der Waals surface area contributed by atoms with Crippen LogP contribution in [0.3, 0.4) is 0 Å². The first-order valence-electron chi connectivity index (χ1n) is 4.99. The lowest BCUT2D eigenvalue weighted by molar-refractivity contribution is 0.0760. The molecule has 2 N–H and O–H groups in total. The molecule has 1 fully saturated rings. The Labute approximate surface area is 88.8 Å². The molecule has 82 valence electrons. The van der Waals surface area contributed by atoms with Crippen molar-refractivity contribution in [2.24, 2.45) is 0 Å². The third-order valence-electron chi connectivity index (χ3n) is 2.53. The molecule has 0 aromatic heterocycles. The van der Waals surface area contributed by atoms with Crippen LogP contribution in [-0.2, 0) is 4.74 Å². The molecule has 1 heterocycles. The summed E-state index contributed by atoms with van der Waals surface area (Å²) in [6.45, 7) is 2.14. The van der Waals surface area contributed by atoms with Crippen LogP contribution in [0.1, 0.15) is 11.6 Å². The van der Waals surface area contributed by atoms with E-state index in [9.17, 15) is 5.11 Å². The largest absolute Gasteiger partial charge is 0.507 e. The summed E-state index contributed by atoms with van der Waals surface area (Å²) in [5.74, 6) is 0.908. The van der Waals surface area contributed by atoms with Gasteiger partial charge in [-0.15, -0.1) is 0 Å². The molecule has 1 saturated heterocycles. The van der Waals surface area contributed by atoms with Gasteiger partial charge in [0.05, 0.1) is 26.4 Å². The molecule has 0 bridgehead atoms. The lowest BCUT2D eigenvalue weighted by Gasteiger charge is -2.24. The van der Waals surface area contributed by atoms with Crippen molar-refractivity contribution in [3.8, 4) is 11.5 Å². The summed E-state index contributed by atoms with van der Waals surface area (Å²) >= 11 is 0. The second-order valence-corrected chi connectivity index (χ2v) is 3.51. The topological polar surface area (TPSA) is 50.7 Å². The number of rotatable bonds is 2. The first-order chi connectivity index (χ1) is 7.31. The summed E-state index contributed by atoms with van der Waals surface area (Å²) in [5, 5.41) is 13.1. The Kier molecular flexibility index (Phi) is 3.08. The lowest BCUT2D eigenvalue weighted by Crippen LogP contribution is -2.34. The average molecular weight is 209 g/mol. The predicted octanol–water partition coefficient (Wildman–Crippen LogP) is 1.06. The number of phenols is 1. The van der Waals surface area contributed by atoms with Gasteiger partial charge in [0, 0.05) is 18.2 Å². The first kappa shape index (κ1) is 10.3. The quantitative estimate of drug-likeness (QED) is 0.764. The average Bonchev–Trinajstić information content (AvgIpc) is 2.30. The van der Waals surface area contributed by atoms with Crippen molar-refractivity contribution in [1.82, 2.24) is 5.32 Å². The van der Waals surface area contributed by atoms with E-state index in [2.05, 4.69) is 5.32 Å². The maximum Gasteiger partial charge on any atom is 0.124 e. The first-order valence-corrected chi connectivity index (χ1v) is 4.99. The number of benzene rings is 1. The van der Waals surface area contributed by atoms with Crippen LogP contribution < -0.4 is 10.1 Å². The highest BCUT2D eigenvalue weighted by molar-refractivity contribution is 5.41. The van der Waals surface area contributed by atoms with Gasteiger partial charge < -0.3 is 19.9 Å². The molecular formula is C11H15NO3. The van der Waals surface area contributed by atoms with E-state index in [0.29, 0.717) is 12.4 Å². The molecule has 4 nitrogen and oxygen atoms in total. The van der Waals surface area contributed by atoms with Crippen molar-refractivity contribution in [2.45, 2.75) is 6.04 Å². The number of morpholine rings is 1. The van der Waals surface area contributed by atoms with Gasteiger partial charge in [0.2, 0.25) is 0 Å². The molecule has 0 unspecified atom stereocenters. The zero-order valence-electron chi connectivity index (χ0n) is 8.69. The molecule has 15 heavy (non-hydrogen) atoms. The van der Waals surface area contributed by atoms with E-state index in [-0.39, 0.29) is 11.8 Å². The Bertz CT molecular complexity index is 335. The van der Waals surface area contributed by atoms with Gasteiger partial charge >= 0.3 is 0 Å². The summed E-state index contributed by atoms with van der Waals surface area (Å²) in [6, 6.07) is 5.39. The Hall–Kier alpha value is -1.26. The molecule has 0 radical (unpaired) electrons. The molecule has 1 aliphatic rings. The monoisotopic (exact) mass is 209 g/mol. The summed E-state index contributed by atoms with van der Waals surface area (Å²) < 4.78 is 10.4. The molecule has 0 amide bonds. The van der Waals surface area contributed by atoms with Crippen molar-refractivity contribution in [2.75, 3.05) is 26.9 Å². The molecule has 0 aliphatic carbocycles. The number of aromatic hydroxyl groups is 1. The molecule has 4 heteroatoms. The third kappa shape index (κ3) is 2.22. The van der Waals surface area contributed by atoms with Crippen LogP contribution in [0.4, 0.5) is 0 Å². The molecule has 0 saturated carbocycles. The van der Waals surface area contributed by atoms with Crippen molar-refractivity contribution < 1.29 is 14.6 Å². The highest BCUT2D eigenvalue weighted by Crippen LogP contribution is 2.29. The number of hydrogen-bond acceptors (Lipinski definition) is 4. The Balaban J connectivity index is 2.19. The van der Waals surface area contributed by atoms with E-state index in [0.717, 1.165) is 18.7 Å². The fraction of sp³-hybridized carbons (Fsp3) is 0.455. The minimum Gasteiger partial charge on any atom is -0.507 e. The summed E-state index contributed by atoms with van der Waals surface area (Å²) in [4.78, 5) is 0. The van der Waals surface area contributed by atoms with Crippen LogP contribution in [0.15, 0.2) is 18.2 Å². The number of nitrogens with one attached hydrogen (secondary N) is 1. The number of ether oxygens (including phenoxy) is 2. The Morgan fingerprint density at radius 2 is 2.40 bits per heavy atom. The van der Waals surface area contributed by atoms with E-state index in [1.54, 1.807) is 13.2 Å². The van der Waals surface area contributed by atoms with Crippen molar-refractivity contribution >= 4 is 0 Å². The van der Waals surface area contributed by atoms with Crippen molar-refractivity contribution in [3.63, 3.8) is 0 Å². The van der Waals surface area contributed by atoms with Gasteiger partial charge in [-0.05, 0) is 12.1 Å². The van der Waals surface area contributed by atoms with Crippen LogP contribution >= 0.6 is 0 Å². The SMILES string of the molecule is COc1ccc([C@@H]2COCCN2)c(O)c1. The zero-order valence-corrected chi connectivity index (χ0v) is 8.69. The van der Waals surface area contributed by atoms with Gasteiger partial charge in [0.1, 0.15) is 11.5 Å². The highest BCUT2D eigenvalue weighted by Gasteiger charge is 2.18. The summed E-state index contributed by atoms with van der Waals surface area (Å²) in [5.41, 5.74) is 0.857. The second kappa shape index (κ2) is 4.51. The summed E-state index contributed by atoms with van der Waals surface area (Å²) in [7, 11) is 1.58. The second-order valence-electron chi connectivity index (χ2n) is 3.51. The van der Waals surface area contributed by atoms with Crippen LogP contribution in [-0.4, -0.2) is 32.0 Å². The number of methoxy groups -OCH3 is 1. The van der Waals surface area contributed by atoms with Crippen LogP contribution in [0.2, 0.25) is 0 Å². The fourth-order valence-electron chi connectivity index (χ4n) is 1.71. The van der Waals surface area contributed by atoms with Crippen LogP contribution in [0.5, 0.6) is 11.5 Å². The van der Waals surface area contributed by atoms with Crippen LogP contribution in [0, 0.1) is 0 Å². The molecule has 0 spiro atoms. The Morgan fingerprint density at radius 1 is 1.53 bits per heavy atom. The molecule has 2 rings (SSSR count). The van der Waals surface area contributed by atoms with Gasteiger partial charge in [0.15, 0.2) is 0 Å². The predicted molar refractivity (Wildman–Crippen MR) is 56.2 cm³/mol. The zero-order chi connectivity index (χ0) is 10.7. The van der Waals surface area contributed by atoms with E-state index in [1.807, 2.05) is 12.1 Å². The van der Waals surface area contributed by atoms with E-state index >= 15 is 0 Å². The van der Waals surface area contributed by atoms with E-state index < -0.39 is 0 Å². The minimum absolute atomic E-state index is 0.0738. The van der Waals surface area contributed by atoms with Crippen LogP contribution in [0.25, 0.3) is 0 Å². The summed E-state index contributed by atoms with van der Waals surface area (Å²) in [6.07, 6.45) is 0. The Morgan fingerprint density at radius 3 is 3.00 bits per heavy atom. The van der Waals surface area contributed by atoms with Gasteiger partial charge in [-0.2, -0.15) is 0 Å². The van der Waals surface area contributed by atoms with Crippen molar-refractivity contribution in [1.29, 1.82) is 0 Å². The van der Waals surface area contributed by atoms with Crippen molar-refractivity contribution in [3.05, 3.63) is 23.8 Å². The standard InChI is InChI=1S/C11H15NO3/c1-14-8-2-3-9(11(13)6-8)10-7-15-5-4-12-10/h2-3,6,10,12-13H,4-5,7H2,1H3/t10-/m0/s1. The maximum atomic E-state index is 9.80. The maximum absolute atomic E-state index is 9.80. The molecule has 1 aromatic rings. The molecule has 1 aromatic carbocycles. The lowest BCUT2D eigenvalue weighted by atomic mass is 10.1. The number of phenolic OH excluding ortho intramolecular Hbond substituents is 1. The molecule has 1 atom stereocenters. The minimum atomic E-state index is 0.0738. The van der Waals surface area contributed by atoms with Gasteiger partial charge in [-0.25, -0.2) is 0 Å². The molecular weight excluding hydrogens is 194 g/mol. The smallest absolute Gasteiger partial charge is 0.124 e. The molecule has 1 aliphatic heterocycles. The third-order valence-corrected chi connectivity index (χ3v) is 2.53.